The monoisotopic (exact) mass is 504 g/mol. The lowest BCUT2D eigenvalue weighted by atomic mass is 9.99. The highest BCUT2D eigenvalue weighted by Crippen LogP contribution is 2.38. The molecule has 0 spiro atoms. The highest BCUT2D eigenvalue weighted by atomic mass is 32.1. The summed E-state index contributed by atoms with van der Waals surface area (Å²) in [6, 6.07) is 10.5. The molecule has 36 heavy (non-hydrogen) atoms. The zero-order chi connectivity index (χ0) is 24.7. The number of ether oxygens (including phenoxy) is 2. The van der Waals surface area contributed by atoms with Gasteiger partial charge < -0.3 is 19.7 Å². The van der Waals surface area contributed by atoms with E-state index in [-0.39, 0.29) is 11.6 Å². The van der Waals surface area contributed by atoms with Crippen molar-refractivity contribution in [2.24, 2.45) is 0 Å². The average molecular weight is 505 g/mol. The zero-order valence-electron chi connectivity index (χ0n) is 21.0. The van der Waals surface area contributed by atoms with Crippen LogP contribution in [0.15, 0.2) is 42.2 Å². The van der Waals surface area contributed by atoms with Gasteiger partial charge in [-0.05, 0) is 45.2 Å². The van der Waals surface area contributed by atoms with E-state index in [1.807, 2.05) is 17.6 Å². The van der Waals surface area contributed by atoms with Crippen LogP contribution in [0.4, 0.5) is 17.2 Å². The fraction of sp³-hybridized carbons (Fsp3) is 0.444. The maximum atomic E-state index is 6.66. The van der Waals surface area contributed by atoms with E-state index in [1.165, 1.54) is 0 Å². The van der Waals surface area contributed by atoms with Crippen molar-refractivity contribution in [3.63, 3.8) is 0 Å². The summed E-state index contributed by atoms with van der Waals surface area (Å²) < 4.78 is 13.4. The van der Waals surface area contributed by atoms with Gasteiger partial charge in [-0.1, -0.05) is 0 Å². The molecule has 2 aromatic carbocycles. The Labute approximate surface area is 215 Å². The first-order chi connectivity index (χ1) is 17.5. The zero-order valence-corrected chi connectivity index (χ0v) is 21.8. The van der Waals surface area contributed by atoms with Crippen molar-refractivity contribution in [2.45, 2.75) is 38.3 Å². The molecule has 0 unspecified atom stereocenters. The van der Waals surface area contributed by atoms with Gasteiger partial charge in [0.1, 0.15) is 24.0 Å². The van der Waals surface area contributed by atoms with Gasteiger partial charge >= 0.3 is 0 Å². The van der Waals surface area contributed by atoms with E-state index in [9.17, 15) is 0 Å². The van der Waals surface area contributed by atoms with Gasteiger partial charge in [0.05, 0.1) is 39.8 Å². The third kappa shape index (κ3) is 4.58. The van der Waals surface area contributed by atoms with Crippen LogP contribution >= 0.6 is 11.3 Å². The van der Waals surface area contributed by atoms with Gasteiger partial charge in [-0.25, -0.2) is 15.0 Å². The Balaban J connectivity index is 1.41. The number of hydrogen-bond donors (Lipinski definition) is 1. The van der Waals surface area contributed by atoms with Crippen molar-refractivity contribution < 1.29 is 9.47 Å². The van der Waals surface area contributed by atoms with E-state index in [4.69, 9.17) is 9.47 Å². The fourth-order valence-corrected chi connectivity index (χ4v) is 5.73. The van der Waals surface area contributed by atoms with Crippen molar-refractivity contribution in [1.82, 2.24) is 19.9 Å². The van der Waals surface area contributed by atoms with Crippen molar-refractivity contribution in [1.29, 1.82) is 0 Å². The van der Waals surface area contributed by atoms with Crippen molar-refractivity contribution in [3.05, 3.63) is 42.2 Å². The Bertz CT molecular complexity index is 1380. The second-order valence-corrected chi connectivity index (χ2v) is 11.2. The van der Waals surface area contributed by atoms with Gasteiger partial charge in [-0.3, -0.25) is 4.90 Å². The molecular formula is C27H32N6O2S. The second-order valence-electron chi connectivity index (χ2n) is 10.3. The molecule has 188 valence electrons. The van der Waals surface area contributed by atoms with Gasteiger partial charge in [0.2, 0.25) is 0 Å². The van der Waals surface area contributed by atoms with E-state index < -0.39 is 0 Å². The molecule has 2 fully saturated rings. The quantitative estimate of drug-likeness (QED) is 0.404. The lowest BCUT2D eigenvalue weighted by molar-refractivity contribution is 0.0262. The summed E-state index contributed by atoms with van der Waals surface area (Å²) in [5.74, 6) is 1.57. The number of rotatable bonds is 5. The molecule has 0 saturated carbocycles. The van der Waals surface area contributed by atoms with Crippen LogP contribution in [0, 0.1) is 0 Å². The maximum Gasteiger partial charge on any atom is 0.145 e. The molecule has 0 atom stereocenters. The fourth-order valence-electron chi connectivity index (χ4n) is 5.01. The number of likely N-dealkylation sites (N-methyl/N-ethyl adjacent to an activating group) is 1. The standard InChI is InChI=1S/C27H32N6O2S/c1-27(2)15-33(9-8-32(27)3)19-13-22-25(23(14-19)35-20-6-10-34-11-7-20)26(29-16-28-22)31-18-4-5-21-24(12-18)36-17-30-21/h4-5,12-14,16-17,20H,6-11,15H2,1-3H3,(H,28,29,31). The third-order valence-electron chi connectivity index (χ3n) is 7.42. The van der Waals surface area contributed by atoms with Crippen LogP contribution in [0.3, 0.4) is 0 Å². The molecule has 0 aliphatic carbocycles. The second kappa shape index (κ2) is 9.46. The van der Waals surface area contributed by atoms with E-state index in [2.05, 4.69) is 69.2 Å². The number of hydrogen-bond acceptors (Lipinski definition) is 9. The summed E-state index contributed by atoms with van der Waals surface area (Å²) in [5.41, 5.74) is 5.94. The number of benzene rings is 2. The number of fused-ring (bicyclic) bond motifs is 2. The van der Waals surface area contributed by atoms with Crippen LogP contribution in [0.25, 0.3) is 21.1 Å². The Kier molecular flexibility index (Phi) is 6.15. The van der Waals surface area contributed by atoms with Gasteiger partial charge in [0, 0.05) is 55.5 Å². The lowest BCUT2D eigenvalue weighted by Crippen LogP contribution is -2.57. The van der Waals surface area contributed by atoms with Gasteiger partial charge in [0.15, 0.2) is 0 Å². The van der Waals surface area contributed by atoms with E-state index >= 15 is 0 Å². The number of nitrogens with one attached hydrogen (secondary N) is 1. The third-order valence-corrected chi connectivity index (χ3v) is 8.22. The predicted octanol–water partition coefficient (Wildman–Crippen LogP) is 5.07. The summed E-state index contributed by atoms with van der Waals surface area (Å²) in [5, 5.41) is 4.44. The molecule has 2 aliphatic rings. The van der Waals surface area contributed by atoms with Crippen molar-refractivity contribution in [2.75, 3.05) is 50.1 Å². The summed E-state index contributed by atoms with van der Waals surface area (Å²) in [6.45, 7) is 8.96. The minimum atomic E-state index is 0.0859. The molecule has 0 amide bonds. The number of aromatic nitrogens is 3. The maximum absolute atomic E-state index is 6.66. The van der Waals surface area contributed by atoms with Gasteiger partial charge in [0.25, 0.3) is 0 Å². The van der Waals surface area contributed by atoms with Crippen molar-refractivity contribution in [3.8, 4) is 5.75 Å². The molecule has 2 saturated heterocycles. The van der Waals surface area contributed by atoms with Crippen LogP contribution in [-0.4, -0.2) is 71.4 Å². The molecule has 4 aromatic rings. The Hall–Kier alpha value is -3.01. The molecule has 0 bridgehead atoms. The average Bonchev–Trinajstić information content (AvgIpc) is 3.34. The number of anilines is 3. The molecule has 2 aromatic heterocycles. The van der Waals surface area contributed by atoms with Crippen LogP contribution in [0.5, 0.6) is 5.75 Å². The normalized spacial score (nSPS) is 19.1. The Morgan fingerprint density at radius 3 is 2.75 bits per heavy atom. The molecule has 2 aliphatic heterocycles. The summed E-state index contributed by atoms with van der Waals surface area (Å²) >= 11 is 1.63. The topological polar surface area (TPSA) is 75.6 Å². The number of piperazine rings is 1. The Morgan fingerprint density at radius 1 is 1.06 bits per heavy atom. The smallest absolute Gasteiger partial charge is 0.145 e. The largest absolute Gasteiger partial charge is 0.489 e. The number of nitrogens with zero attached hydrogens (tertiary/aromatic N) is 5. The molecular weight excluding hydrogens is 472 g/mol. The van der Waals surface area contributed by atoms with Crippen LogP contribution in [0.2, 0.25) is 0 Å². The molecule has 6 rings (SSSR count). The van der Waals surface area contributed by atoms with Crippen LogP contribution in [-0.2, 0) is 4.74 Å². The first-order valence-corrected chi connectivity index (χ1v) is 13.4. The summed E-state index contributed by atoms with van der Waals surface area (Å²) in [7, 11) is 2.20. The van der Waals surface area contributed by atoms with Crippen molar-refractivity contribution >= 4 is 49.6 Å². The number of thiazole rings is 1. The minimum absolute atomic E-state index is 0.0859. The molecule has 1 N–H and O–H groups in total. The van der Waals surface area contributed by atoms with Gasteiger partial charge in [-0.2, -0.15) is 0 Å². The van der Waals surface area contributed by atoms with E-state index in [0.29, 0.717) is 0 Å². The molecule has 4 heterocycles. The highest BCUT2D eigenvalue weighted by molar-refractivity contribution is 7.16. The van der Waals surface area contributed by atoms with Crippen LogP contribution in [0.1, 0.15) is 26.7 Å². The van der Waals surface area contributed by atoms with Gasteiger partial charge in [-0.15, -0.1) is 11.3 Å². The van der Waals surface area contributed by atoms with E-state index in [1.54, 1.807) is 17.7 Å². The van der Waals surface area contributed by atoms with Crippen LogP contribution < -0.4 is 15.0 Å². The first kappa shape index (κ1) is 23.4. The summed E-state index contributed by atoms with van der Waals surface area (Å²) in [4.78, 5) is 18.6. The predicted molar refractivity (Wildman–Crippen MR) is 146 cm³/mol. The lowest BCUT2D eigenvalue weighted by Gasteiger charge is -2.46. The molecule has 8 nitrogen and oxygen atoms in total. The first-order valence-electron chi connectivity index (χ1n) is 12.6. The SMILES string of the molecule is CN1CCN(c2cc(OC3CCOCC3)c3c(Nc4ccc5ncsc5c4)ncnc3c2)CC1(C)C. The molecule has 0 radical (unpaired) electrons. The highest BCUT2D eigenvalue weighted by Gasteiger charge is 2.32. The molecule has 9 heteroatoms. The summed E-state index contributed by atoms with van der Waals surface area (Å²) in [6.07, 6.45) is 3.51. The Morgan fingerprint density at radius 2 is 1.92 bits per heavy atom. The van der Waals surface area contributed by atoms with E-state index in [0.717, 1.165) is 89.8 Å². The minimum Gasteiger partial charge on any atom is -0.489 e.